The van der Waals surface area contributed by atoms with Crippen molar-refractivity contribution in [1.29, 1.82) is 0 Å². The highest BCUT2D eigenvalue weighted by Crippen LogP contribution is 2.35. The highest BCUT2D eigenvalue weighted by molar-refractivity contribution is 7.15. The maximum atomic E-state index is 13.0. The van der Waals surface area contributed by atoms with Crippen LogP contribution in [0, 0.1) is 5.95 Å². The number of aromatic nitrogens is 1. The van der Waals surface area contributed by atoms with Crippen LogP contribution in [0.4, 0.5) is 4.39 Å². The zero-order valence-electron chi connectivity index (χ0n) is 15.9. The lowest BCUT2D eigenvalue weighted by Crippen LogP contribution is -2.44. The van der Waals surface area contributed by atoms with E-state index in [-0.39, 0.29) is 13.0 Å². The number of aliphatic hydroxyl groups excluding tert-OH is 3. The molecular weight excluding hydrogens is 429 g/mol. The molecule has 3 N–H and O–H groups in total. The molecule has 0 saturated carbocycles. The van der Waals surface area contributed by atoms with E-state index in [1.807, 2.05) is 18.2 Å². The summed E-state index contributed by atoms with van der Waals surface area (Å²) >= 11 is 7.97. The van der Waals surface area contributed by atoms with E-state index in [0.717, 1.165) is 20.9 Å². The van der Waals surface area contributed by atoms with Gasteiger partial charge in [0, 0.05) is 39.4 Å². The Bertz CT molecular complexity index is 1010. The van der Waals surface area contributed by atoms with Gasteiger partial charge in [-0.1, -0.05) is 23.7 Å². The lowest BCUT2D eigenvalue weighted by molar-refractivity contribution is -0.179. The molecule has 1 saturated heterocycles. The number of benzene rings is 1. The summed E-state index contributed by atoms with van der Waals surface area (Å²) < 4.78 is 18.8. The Kier molecular flexibility index (Phi) is 6.48. The normalized spacial score (nSPS) is 24.2. The molecule has 2 aromatic heterocycles. The van der Waals surface area contributed by atoms with Crippen molar-refractivity contribution in [2.75, 3.05) is 6.61 Å². The Morgan fingerprint density at radius 3 is 2.73 bits per heavy atom. The van der Waals surface area contributed by atoms with Gasteiger partial charge in [-0.25, -0.2) is 4.98 Å². The zero-order chi connectivity index (χ0) is 21.3. The van der Waals surface area contributed by atoms with Crippen LogP contribution in [0.2, 0.25) is 5.02 Å². The molecule has 5 nitrogen and oxygen atoms in total. The molecule has 4 atom stereocenters. The number of thiophene rings is 1. The highest BCUT2D eigenvalue weighted by Gasteiger charge is 2.37. The average Bonchev–Trinajstić information content (AvgIpc) is 3.20. The van der Waals surface area contributed by atoms with Crippen molar-refractivity contribution in [3.05, 3.63) is 75.6 Å². The molecular formula is C22H21ClFNO4S. The van der Waals surface area contributed by atoms with Gasteiger partial charge in [-0.05, 0) is 41.5 Å². The molecule has 1 aliphatic heterocycles. The van der Waals surface area contributed by atoms with Crippen molar-refractivity contribution in [3.63, 3.8) is 0 Å². The summed E-state index contributed by atoms with van der Waals surface area (Å²) in [6.45, 7) is -0.225. The molecule has 3 unspecified atom stereocenters. The Morgan fingerprint density at radius 2 is 2.00 bits per heavy atom. The van der Waals surface area contributed by atoms with Crippen molar-refractivity contribution >= 4 is 22.9 Å². The first-order chi connectivity index (χ1) is 14.4. The van der Waals surface area contributed by atoms with E-state index in [1.165, 1.54) is 12.3 Å². The van der Waals surface area contributed by atoms with E-state index < -0.39 is 30.4 Å². The SMILES string of the molecule is OCC1CC(O)[C@@H](O)C(c2ccc(Cl)c(Cc3ccc(-c4ccc(F)nc4)s3)c2)O1. The van der Waals surface area contributed by atoms with Gasteiger partial charge in [-0.2, -0.15) is 4.39 Å². The molecule has 0 aliphatic carbocycles. The predicted octanol–water partition coefficient (Wildman–Crippen LogP) is 3.74. The molecule has 0 amide bonds. The van der Waals surface area contributed by atoms with Crippen molar-refractivity contribution < 1.29 is 24.4 Å². The fraction of sp³-hybridized carbons (Fsp3) is 0.318. The van der Waals surface area contributed by atoms with E-state index in [4.69, 9.17) is 16.3 Å². The van der Waals surface area contributed by atoms with Crippen LogP contribution in [0.25, 0.3) is 10.4 Å². The summed E-state index contributed by atoms with van der Waals surface area (Å²) in [4.78, 5) is 5.73. The lowest BCUT2D eigenvalue weighted by atomic mass is 9.92. The molecule has 3 heterocycles. The second-order valence-electron chi connectivity index (χ2n) is 7.32. The van der Waals surface area contributed by atoms with Gasteiger partial charge in [0.05, 0.1) is 18.8 Å². The van der Waals surface area contributed by atoms with Crippen molar-refractivity contribution in [2.45, 2.75) is 37.3 Å². The number of hydrogen-bond donors (Lipinski definition) is 3. The van der Waals surface area contributed by atoms with Gasteiger partial charge in [-0.15, -0.1) is 11.3 Å². The summed E-state index contributed by atoms with van der Waals surface area (Å²) in [6.07, 6.45) is -1.07. The monoisotopic (exact) mass is 449 g/mol. The highest BCUT2D eigenvalue weighted by atomic mass is 35.5. The average molecular weight is 450 g/mol. The van der Waals surface area contributed by atoms with E-state index in [9.17, 15) is 19.7 Å². The minimum absolute atomic E-state index is 0.185. The van der Waals surface area contributed by atoms with Gasteiger partial charge in [0.2, 0.25) is 5.95 Å². The van der Waals surface area contributed by atoms with Gasteiger partial charge in [0.25, 0.3) is 0 Å². The first-order valence-corrected chi connectivity index (χ1v) is 10.8. The Morgan fingerprint density at radius 1 is 1.17 bits per heavy atom. The minimum Gasteiger partial charge on any atom is -0.394 e. The summed E-state index contributed by atoms with van der Waals surface area (Å²) in [7, 11) is 0. The third kappa shape index (κ3) is 4.56. The summed E-state index contributed by atoms with van der Waals surface area (Å²) in [5.41, 5.74) is 2.39. The van der Waals surface area contributed by atoms with Gasteiger partial charge in [0.1, 0.15) is 12.2 Å². The molecule has 1 fully saturated rings. The number of halogens is 2. The third-order valence-corrected chi connectivity index (χ3v) is 6.69. The van der Waals surface area contributed by atoms with Crippen molar-refractivity contribution in [2.24, 2.45) is 0 Å². The molecule has 1 aromatic carbocycles. The molecule has 4 rings (SSSR count). The Balaban J connectivity index is 1.56. The molecule has 0 radical (unpaired) electrons. The fourth-order valence-corrected chi connectivity index (χ4v) is 4.80. The summed E-state index contributed by atoms with van der Waals surface area (Å²) in [6, 6.07) is 12.3. The largest absolute Gasteiger partial charge is 0.394 e. The topological polar surface area (TPSA) is 82.8 Å². The number of pyridine rings is 1. The molecule has 8 heteroatoms. The molecule has 3 aromatic rings. The molecule has 1 aliphatic rings. The van der Waals surface area contributed by atoms with E-state index in [1.54, 1.807) is 29.5 Å². The lowest BCUT2D eigenvalue weighted by Gasteiger charge is -2.37. The fourth-order valence-electron chi connectivity index (χ4n) is 3.59. The maximum absolute atomic E-state index is 13.0. The Hall–Kier alpha value is -1.87. The van der Waals surface area contributed by atoms with Crippen LogP contribution in [0.1, 0.15) is 28.5 Å². The van der Waals surface area contributed by atoms with Gasteiger partial charge in [0.15, 0.2) is 0 Å². The number of hydrogen-bond acceptors (Lipinski definition) is 6. The second-order valence-corrected chi connectivity index (χ2v) is 8.89. The number of rotatable bonds is 5. The zero-order valence-corrected chi connectivity index (χ0v) is 17.5. The first-order valence-electron chi connectivity index (χ1n) is 9.56. The summed E-state index contributed by atoms with van der Waals surface area (Å²) in [5.74, 6) is -0.514. The van der Waals surface area contributed by atoms with Crippen LogP contribution in [0.5, 0.6) is 0 Å². The number of nitrogens with zero attached hydrogens (tertiary/aromatic N) is 1. The molecule has 158 valence electrons. The molecule has 0 bridgehead atoms. The number of ether oxygens (including phenoxy) is 1. The van der Waals surface area contributed by atoms with Crippen LogP contribution < -0.4 is 0 Å². The molecule has 30 heavy (non-hydrogen) atoms. The Labute approximate surface area is 182 Å². The van der Waals surface area contributed by atoms with Gasteiger partial charge in [-0.3, -0.25) is 0 Å². The van der Waals surface area contributed by atoms with E-state index in [0.29, 0.717) is 17.0 Å². The smallest absolute Gasteiger partial charge is 0.212 e. The first kappa shape index (κ1) is 21.4. The van der Waals surface area contributed by atoms with Crippen LogP contribution in [0.3, 0.4) is 0 Å². The van der Waals surface area contributed by atoms with Crippen LogP contribution >= 0.6 is 22.9 Å². The van der Waals surface area contributed by atoms with Crippen LogP contribution in [0.15, 0.2) is 48.7 Å². The van der Waals surface area contributed by atoms with Gasteiger partial charge < -0.3 is 20.1 Å². The quantitative estimate of drug-likeness (QED) is 0.517. The van der Waals surface area contributed by atoms with Crippen molar-refractivity contribution in [1.82, 2.24) is 4.98 Å². The third-order valence-electron chi connectivity index (χ3n) is 5.19. The standard InChI is InChI=1S/C22H21ClFNO4S/c23-17-4-1-12(22-21(28)18(27)9-15(11-26)29-22)7-14(17)8-16-3-5-19(30-16)13-2-6-20(24)25-10-13/h1-7,10,15,18,21-22,26-28H,8-9,11H2/t15?,18?,21-,22?/m1/s1. The minimum atomic E-state index is -1.08. The maximum Gasteiger partial charge on any atom is 0.212 e. The predicted molar refractivity (Wildman–Crippen MR) is 113 cm³/mol. The van der Waals surface area contributed by atoms with Gasteiger partial charge >= 0.3 is 0 Å². The van der Waals surface area contributed by atoms with E-state index in [2.05, 4.69) is 4.98 Å². The summed E-state index contributed by atoms with van der Waals surface area (Å²) in [5, 5.41) is 30.5. The number of aliphatic hydroxyl groups is 3. The van der Waals surface area contributed by atoms with Crippen molar-refractivity contribution in [3.8, 4) is 10.4 Å². The van der Waals surface area contributed by atoms with Crippen LogP contribution in [-0.2, 0) is 11.2 Å². The van der Waals surface area contributed by atoms with Crippen LogP contribution in [-0.4, -0.2) is 45.2 Å². The van der Waals surface area contributed by atoms with E-state index >= 15 is 0 Å². The molecule has 0 spiro atoms. The second kappa shape index (κ2) is 9.09.